The Morgan fingerprint density at radius 3 is 2.18 bits per heavy atom. The van der Waals surface area contributed by atoms with Gasteiger partial charge in [0.05, 0.1) is 6.42 Å². The molecule has 0 radical (unpaired) electrons. The van der Waals surface area contributed by atoms with Gasteiger partial charge in [-0.2, -0.15) is 0 Å². The number of carboxylic acid groups (broad SMARTS) is 1. The second-order valence-corrected chi connectivity index (χ2v) is 5.48. The highest BCUT2D eigenvalue weighted by Gasteiger charge is 2.22. The molecule has 0 spiro atoms. The van der Waals surface area contributed by atoms with Crippen LogP contribution in [0.5, 0.6) is 0 Å². The van der Waals surface area contributed by atoms with Crippen LogP contribution in [0.2, 0.25) is 0 Å². The smallest absolute Gasteiger partial charge is 0.305 e. The first-order chi connectivity index (χ1) is 10.7. The van der Waals surface area contributed by atoms with Gasteiger partial charge in [0.15, 0.2) is 0 Å². The Hall–Kier alpha value is -2.13. The number of carbonyl (C=O) groups is 1. The molecule has 0 heterocycles. The molecule has 1 atom stereocenters. The molecular weight excluding hydrogens is 274 g/mol. The summed E-state index contributed by atoms with van der Waals surface area (Å²) < 4.78 is 0. The third-order valence-corrected chi connectivity index (χ3v) is 3.73. The Bertz CT molecular complexity index is 569. The number of benzene rings is 2. The average Bonchev–Trinajstić information content (AvgIpc) is 2.54. The minimum atomic E-state index is -0.761. The summed E-state index contributed by atoms with van der Waals surface area (Å²) in [6.07, 6.45) is 1.12. The molecule has 0 saturated carbocycles. The van der Waals surface area contributed by atoms with Gasteiger partial charge in [-0.1, -0.05) is 67.6 Å². The van der Waals surface area contributed by atoms with Crippen LogP contribution in [0.25, 0.3) is 0 Å². The van der Waals surface area contributed by atoms with Gasteiger partial charge in [0.25, 0.3) is 0 Å². The highest BCUT2D eigenvalue weighted by molar-refractivity contribution is 5.68. The second-order valence-electron chi connectivity index (χ2n) is 5.48. The minimum absolute atomic E-state index is 0.0983. The lowest BCUT2D eigenvalue weighted by Gasteiger charge is -2.31. The summed E-state index contributed by atoms with van der Waals surface area (Å²) in [6, 6.07) is 20.1. The zero-order valence-corrected chi connectivity index (χ0v) is 13.0. The molecule has 116 valence electrons. The van der Waals surface area contributed by atoms with E-state index in [1.54, 1.807) is 0 Å². The molecule has 0 saturated heterocycles. The summed E-state index contributed by atoms with van der Waals surface area (Å²) in [5, 5.41) is 9.30. The maximum absolute atomic E-state index is 11.3. The van der Waals surface area contributed by atoms with Crippen molar-refractivity contribution in [1.29, 1.82) is 0 Å². The molecule has 0 aliphatic carbocycles. The molecule has 0 amide bonds. The molecule has 0 aliphatic heterocycles. The highest BCUT2D eigenvalue weighted by atomic mass is 16.4. The van der Waals surface area contributed by atoms with Crippen LogP contribution in [-0.4, -0.2) is 22.5 Å². The normalized spacial score (nSPS) is 12.3. The number of aliphatic carboxylic acids is 1. The van der Waals surface area contributed by atoms with Crippen molar-refractivity contribution in [3.8, 4) is 0 Å². The quantitative estimate of drug-likeness (QED) is 0.797. The molecule has 1 N–H and O–H groups in total. The van der Waals surface area contributed by atoms with E-state index in [0.717, 1.165) is 25.1 Å². The number of carboxylic acids is 1. The standard InChI is InChI=1S/C19H23NO2/c1-2-13-20(15-16-9-5-3-6-10-16)18(14-19(21)22)17-11-7-4-8-12-17/h3-12,18H,2,13-15H2,1H3,(H,21,22). The summed E-state index contributed by atoms with van der Waals surface area (Å²) in [5.74, 6) is -0.761. The van der Waals surface area contributed by atoms with Crippen molar-refractivity contribution in [1.82, 2.24) is 4.90 Å². The number of hydrogen-bond donors (Lipinski definition) is 1. The van der Waals surface area contributed by atoms with Crippen molar-refractivity contribution in [2.45, 2.75) is 32.4 Å². The third kappa shape index (κ3) is 4.71. The molecule has 22 heavy (non-hydrogen) atoms. The summed E-state index contributed by atoms with van der Waals surface area (Å²) in [4.78, 5) is 13.6. The number of rotatable bonds is 8. The topological polar surface area (TPSA) is 40.5 Å². The van der Waals surface area contributed by atoms with Crippen LogP contribution < -0.4 is 0 Å². The monoisotopic (exact) mass is 297 g/mol. The molecule has 0 fully saturated rings. The maximum atomic E-state index is 11.3. The Balaban J connectivity index is 2.25. The van der Waals surface area contributed by atoms with Gasteiger partial charge >= 0.3 is 5.97 Å². The molecule has 1 unspecified atom stereocenters. The minimum Gasteiger partial charge on any atom is -0.481 e. The lowest BCUT2D eigenvalue weighted by atomic mass is 10.0. The van der Waals surface area contributed by atoms with E-state index in [9.17, 15) is 9.90 Å². The SMILES string of the molecule is CCCN(Cc1ccccc1)C(CC(=O)O)c1ccccc1. The van der Waals surface area contributed by atoms with Gasteiger partial charge in [-0.05, 0) is 24.1 Å². The molecule has 3 nitrogen and oxygen atoms in total. The van der Waals surface area contributed by atoms with E-state index in [1.807, 2.05) is 48.5 Å². The van der Waals surface area contributed by atoms with E-state index in [1.165, 1.54) is 5.56 Å². The van der Waals surface area contributed by atoms with E-state index in [4.69, 9.17) is 0 Å². The van der Waals surface area contributed by atoms with Crippen LogP contribution >= 0.6 is 0 Å². The van der Waals surface area contributed by atoms with Gasteiger partial charge < -0.3 is 5.11 Å². The third-order valence-electron chi connectivity index (χ3n) is 3.73. The van der Waals surface area contributed by atoms with Crippen molar-refractivity contribution >= 4 is 5.97 Å². The van der Waals surface area contributed by atoms with Crippen molar-refractivity contribution in [3.63, 3.8) is 0 Å². The maximum Gasteiger partial charge on any atom is 0.305 e. The molecule has 3 heteroatoms. The summed E-state index contributed by atoms with van der Waals surface area (Å²) >= 11 is 0. The molecule has 2 aromatic carbocycles. The molecule has 0 aromatic heterocycles. The summed E-state index contributed by atoms with van der Waals surface area (Å²) in [5.41, 5.74) is 2.27. The number of nitrogens with zero attached hydrogens (tertiary/aromatic N) is 1. The number of hydrogen-bond acceptors (Lipinski definition) is 2. The summed E-state index contributed by atoms with van der Waals surface area (Å²) in [7, 11) is 0. The van der Waals surface area contributed by atoms with Crippen LogP contribution in [0.15, 0.2) is 60.7 Å². The largest absolute Gasteiger partial charge is 0.481 e. The van der Waals surface area contributed by atoms with Crippen LogP contribution in [0.4, 0.5) is 0 Å². The fourth-order valence-corrected chi connectivity index (χ4v) is 2.75. The average molecular weight is 297 g/mol. The second kappa shape index (κ2) is 8.35. The first kappa shape index (κ1) is 16.2. The van der Waals surface area contributed by atoms with Gasteiger partial charge in [-0.15, -0.1) is 0 Å². The van der Waals surface area contributed by atoms with Crippen LogP contribution in [0, 0.1) is 0 Å². The lowest BCUT2D eigenvalue weighted by molar-refractivity contribution is -0.138. The van der Waals surface area contributed by atoms with E-state index in [2.05, 4.69) is 24.0 Å². The zero-order valence-electron chi connectivity index (χ0n) is 13.0. The van der Waals surface area contributed by atoms with Crippen LogP contribution in [0.1, 0.15) is 36.9 Å². The zero-order chi connectivity index (χ0) is 15.8. The Labute approximate surface area is 132 Å². The Morgan fingerprint density at radius 1 is 1.05 bits per heavy atom. The van der Waals surface area contributed by atoms with Gasteiger partial charge in [0.1, 0.15) is 0 Å². The van der Waals surface area contributed by atoms with Crippen LogP contribution in [0.3, 0.4) is 0 Å². The van der Waals surface area contributed by atoms with Crippen molar-refractivity contribution in [2.24, 2.45) is 0 Å². The molecule has 2 rings (SSSR count). The van der Waals surface area contributed by atoms with Crippen molar-refractivity contribution in [2.75, 3.05) is 6.54 Å². The predicted molar refractivity (Wildman–Crippen MR) is 88.6 cm³/mol. The van der Waals surface area contributed by atoms with E-state index < -0.39 is 5.97 Å². The molecule has 0 bridgehead atoms. The van der Waals surface area contributed by atoms with Gasteiger partial charge in [-0.25, -0.2) is 0 Å². The molecular formula is C19H23NO2. The Morgan fingerprint density at radius 2 is 1.64 bits per heavy atom. The fraction of sp³-hybridized carbons (Fsp3) is 0.316. The fourth-order valence-electron chi connectivity index (χ4n) is 2.75. The van der Waals surface area contributed by atoms with E-state index in [0.29, 0.717) is 0 Å². The predicted octanol–water partition coefficient (Wildman–Crippen LogP) is 4.11. The highest BCUT2D eigenvalue weighted by Crippen LogP contribution is 2.26. The van der Waals surface area contributed by atoms with Crippen LogP contribution in [-0.2, 0) is 11.3 Å². The Kier molecular flexibility index (Phi) is 6.16. The van der Waals surface area contributed by atoms with Gasteiger partial charge in [0, 0.05) is 12.6 Å². The lowest BCUT2D eigenvalue weighted by Crippen LogP contribution is -2.31. The summed E-state index contributed by atoms with van der Waals surface area (Å²) in [6.45, 7) is 3.77. The van der Waals surface area contributed by atoms with Gasteiger partial charge in [-0.3, -0.25) is 9.69 Å². The van der Waals surface area contributed by atoms with Gasteiger partial charge in [0.2, 0.25) is 0 Å². The van der Waals surface area contributed by atoms with Crippen molar-refractivity contribution < 1.29 is 9.90 Å². The van der Waals surface area contributed by atoms with E-state index in [-0.39, 0.29) is 12.5 Å². The molecule has 2 aromatic rings. The molecule has 0 aliphatic rings. The first-order valence-electron chi connectivity index (χ1n) is 7.75. The van der Waals surface area contributed by atoms with E-state index >= 15 is 0 Å². The first-order valence-corrected chi connectivity index (χ1v) is 7.75. The van der Waals surface area contributed by atoms with Crippen molar-refractivity contribution in [3.05, 3.63) is 71.8 Å².